The highest BCUT2D eigenvalue weighted by atomic mass is 35.5. The van der Waals surface area contributed by atoms with Crippen molar-refractivity contribution >= 4 is 11.6 Å². The quantitative estimate of drug-likeness (QED) is 0.866. The zero-order valence-corrected chi connectivity index (χ0v) is 10.9. The molecule has 3 heteroatoms. The monoisotopic (exact) mass is 255 g/mol. The zero-order valence-electron chi connectivity index (χ0n) is 10.2. The van der Waals surface area contributed by atoms with Crippen molar-refractivity contribution < 1.29 is 4.39 Å². The Kier molecular flexibility index (Phi) is 4.41. The molecule has 2 atom stereocenters. The van der Waals surface area contributed by atoms with Crippen molar-refractivity contribution in [3.05, 3.63) is 34.6 Å². The molecular weight excluding hydrogens is 237 g/mol. The lowest BCUT2D eigenvalue weighted by Crippen LogP contribution is -2.23. The standard InChI is InChI=1S/C14H19ClFN/c1-17-9-12-4-2-3-10(12)7-11-5-6-13(16)8-14(11)15/h5-6,8,10,12,17H,2-4,7,9H2,1H3. The second-order valence-electron chi connectivity index (χ2n) is 4.95. The van der Waals surface area contributed by atoms with E-state index < -0.39 is 0 Å². The fourth-order valence-corrected chi connectivity index (χ4v) is 3.13. The van der Waals surface area contributed by atoms with E-state index >= 15 is 0 Å². The Labute approximate surface area is 107 Å². The summed E-state index contributed by atoms with van der Waals surface area (Å²) >= 11 is 6.08. The largest absolute Gasteiger partial charge is 0.319 e. The van der Waals surface area contributed by atoms with Crippen LogP contribution in [-0.2, 0) is 6.42 Å². The van der Waals surface area contributed by atoms with Gasteiger partial charge in [0.1, 0.15) is 5.82 Å². The molecule has 1 saturated carbocycles. The third-order valence-electron chi connectivity index (χ3n) is 3.78. The van der Waals surface area contributed by atoms with E-state index in [0.29, 0.717) is 10.9 Å². The lowest BCUT2D eigenvalue weighted by atomic mass is 9.89. The number of halogens is 2. The molecular formula is C14H19ClFN. The average Bonchev–Trinajstić information content (AvgIpc) is 2.71. The van der Waals surface area contributed by atoms with Gasteiger partial charge in [0.25, 0.3) is 0 Å². The maximum atomic E-state index is 13.0. The van der Waals surface area contributed by atoms with Crippen LogP contribution in [0.1, 0.15) is 24.8 Å². The van der Waals surface area contributed by atoms with Crippen LogP contribution in [0.5, 0.6) is 0 Å². The Bertz CT molecular complexity index is 380. The summed E-state index contributed by atoms with van der Waals surface area (Å²) in [7, 11) is 2.00. The van der Waals surface area contributed by atoms with E-state index in [1.165, 1.54) is 31.4 Å². The van der Waals surface area contributed by atoms with Gasteiger partial charge in [-0.15, -0.1) is 0 Å². The predicted molar refractivity (Wildman–Crippen MR) is 69.9 cm³/mol. The van der Waals surface area contributed by atoms with Crippen LogP contribution in [0.15, 0.2) is 18.2 Å². The molecule has 0 amide bonds. The first-order valence-corrected chi connectivity index (χ1v) is 6.67. The van der Waals surface area contributed by atoms with E-state index in [0.717, 1.165) is 24.4 Å². The number of hydrogen-bond acceptors (Lipinski definition) is 1. The summed E-state index contributed by atoms with van der Waals surface area (Å²) in [5.41, 5.74) is 1.08. The van der Waals surface area contributed by atoms with E-state index in [-0.39, 0.29) is 5.82 Å². The molecule has 1 aromatic rings. The fraction of sp³-hybridized carbons (Fsp3) is 0.571. The predicted octanol–water partition coefficient (Wildman–Crippen LogP) is 3.66. The normalized spacial score (nSPS) is 24.2. The summed E-state index contributed by atoms with van der Waals surface area (Å²) in [5, 5.41) is 3.83. The SMILES string of the molecule is CNCC1CCCC1Cc1ccc(F)cc1Cl. The Hall–Kier alpha value is -0.600. The van der Waals surface area contributed by atoms with Gasteiger partial charge in [-0.25, -0.2) is 4.39 Å². The van der Waals surface area contributed by atoms with Gasteiger partial charge in [0.2, 0.25) is 0 Å². The molecule has 0 radical (unpaired) electrons. The molecule has 94 valence electrons. The van der Waals surface area contributed by atoms with E-state index in [9.17, 15) is 4.39 Å². The number of benzene rings is 1. The highest BCUT2D eigenvalue weighted by Crippen LogP contribution is 2.35. The van der Waals surface area contributed by atoms with Gasteiger partial charge in [-0.2, -0.15) is 0 Å². The molecule has 0 aliphatic heterocycles. The van der Waals surface area contributed by atoms with Crippen LogP contribution >= 0.6 is 11.6 Å². The van der Waals surface area contributed by atoms with Gasteiger partial charge in [-0.1, -0.05) is 24.1 Å². The number of rotatable bonds is 4. The second-order valence-corrected chi connectivity index (χ2v) is 5.36. The van der Waals surface area contributed by atoms with Gasteiger partial charge in [-0.05, 0) is 62.4 Å². The van der Waals surface area contributed by atoms with Crippen molar-refractivity contribution in [3.63, 3.8) is 0 Å². The molecule has 1 aliphatic carbocycles. The molecule has 0 saturated heterocycles. The Morgan fingerprint density at radius 3 is 2.82 bits per heavy atom. The van der Waals surface area contributed by atoms with Crippen LogP contribution in [-0.4, -0.2) is 13.6 Å². The topological polar surface area (TPSA) is 12.0 Å². The van der Waals surface area contributed by atoms with Crippen LogP contribution in [0, 0.1) is 17.7 Å². The minimum absolute atomic E-state index is 0.253. The zero-order chi connectivity index (χ0) is 12.3. The summed E-state index contributed by atoms with van der Waals surface area (Å²) < 4.78 is 13.0. The molecule has 2 unspecified atom stereocenters. The molecule has 0 spiro atoms. The molecule has 1 aromatic carbocycles. The third-order valence-corrected chi connectivity index (χ3v) is 4.13. The van der Waals surface area contributed by atoms with E-state index in [1.807, 2.05) is 13.1 Å². The van der Waals surface area contributed by atoms with E-state index in [1.54, 1.807) is 0 Å². The number of hydrogen-bond donors (Lipinski definition) is 1. The Morgan fingerprint density at radius 1 is 1.35 bits per heavy atom. The average molecular weight is 256 g/mol. The summed E-state index contributed by atoms with van der Waals surface area (Å²) in [6.07, 6.45) is 4.84. The molecule has 0 bridgehead atoms. The molecule has 0 heterocycles. The van der Waals surface area contributed by atoms with Crippen LogP contribution in [0.2, 0.25) is 5.02 Å². The minimum atomic E-state index is -0.253. The van der Waals surface area contributed by atoms with Crippen LogP contribution < -0.4 is 5.32 Å². The summed E-state index contributed by atoms with van der Waals surface area (Å²) in [6.45, 7) is 1.07. The van der Waals surface area contributed by atoms with Gasteiger partial charge < -0.3 is 5.32 Å². The molecule has 1 fully saturated rings. The Balaban J connectivity index is 2.04. The smallest absolute Gasteiger partial charge is 0.124 e. The molecule has 1 nitrogen and oxygen atoms in total. The lowest BCUT2D eigenvalue weighted by Gasteiger charge is -2.19. The van der Waals surface area contributed by atoms with Crippen molar-refractivity contribution in [1.29, 1.82) is 0 Å². The van der Waals surface area contributed by atoms with Gasteiger partial charge in [-0.3, -0.25) is 0 Å². The summed E-state index contributed by atoms with van der Waals surface area (Å²) in [5.74, 6) is 1.17. The van der Waals surface area contributed by atoms with Crippen molar-refractivity contribution in [2.24, 2.45) is 11.8 Å². The first-order chi connectivity index (χ1) is 8.20. The van der Waals surface area contributed by atoms with Crippen molar-refractivity contribution in [2.45, 2.75) is 25.7 Å². The lowest BCUT2D eigenvalue weighted by molar-refractivity contribution is 0.374. The van der Waals surface area contributed by atoms with Crippen molar-refractivity contribution in [3.8, 4) is 0 Å². The number of nitrogens with one attached hydrogen (secondary N) is 1. The van der Waals surface area contributed by atoms with Crippen LogP contribution in [0.3, 0.4) is 0 Å². The molecule has 0 aromatic heterocycles. The second kappa shape index (κ2) is 5.83. The highest BCUT2D eigenvalue weighted by Gasteiger charge is 2.27. The summed E-state index contributed by atoms with van der Waals surface area (Å²) in [4.78, 5) is 0. The molecule has 1 N–H and O–H groups in total. The Morgan fingerprint density at radius 2 is 2.12 bits per heavy atom. The third kappa shape index (κ3) is 3.20. The van der Waals surface area contributed by atoms with Gasteiger partial charge in [0.05, 0.1) is 0 Å². The molecule has 1 aliphatic rings. The first-order valence-electron chi connectivity index (χ1n) is 6.29. The van der Waals surface area contributed by atoms with Gasteiger partial charge >= 0.3 is 0 Å². The van der Waals surface area contributed by atoms with Crippen LogP contribution in [0.4, 0.5) is 4.39 Å². The van der Waals surface area contributed by atoms with E-state index in [2.05, 4.69) is 5.32 Å². The fourth-order valence-electron chi connectivity index (χ4n) is 2.88. The van der Waals surface area contributed by atoms with E-state index in [4.69, 9.17) is 11.6 Å². The van der Waals surface area contributed by atoms with Gasteiger partial charge in [0.15, 0.2) is 0 Å². The van der Waals surface area contributed by atoms with Gasteiger partial charge in [0, 0.05) is 5.02 Å². The first kappa shape index (κ1) is 12.8. The highest BCUT2D eigenvalue weighted by molar-refractivity contribution is 6.31. The van der Waals surface area contributed by atoms with Crippen molar-refractivity contribution in [1.82, 2.24) is 5.32 Å². The maximum Gasteiger partial charge on any atom is 0.124 e. The van der Waals surface area contributed by atoms with Crippen LogP contribution in [0.25, 0.3) is 0 Å². The maximum absolute atomic E-state index is 13.0. The summed E-state index contributed by atoms with van der Waals surface area (Å²) in [6, 6.07) is 4.74. The minimum Gasteiger partial charge on any atom is -0.319 e. The molecule has 2 rings (SSSR count). The molecule has 17 heavy (non-hydrogen) atoms. The van der Waals surface area contributed by atoms with Crippen molar-refractivity contribution in [2.75, 3.05) is 13.6 Å².